The molecule has 0 saturated heterocycles. The Morgan fingerprint density at radius 3 is 1.24 bits per heavy atom. The molecule has 3 aliphatic rings. The largest absolute Gasteiger partial charge is 0.505 e. The molecule has 2 nitrogen and oxygen atoms in total. The summed E-state index contributed by atoms with van der Waals surface area (Å²) in [5.74, 6) is -2.34. The maximum Gasteiger partial charge on any atom is 0.200 e. The van der Waals surface area contributed by atoms with Crippen molar-refractivity contribution in [2.75, 3.05) is 0 Å². The summed E-state index contributed by atoms with van der Waals surface area (Å²) in [4.78, 5) is 0. The SMILES string of the molecule is Oc1ccc(C2CCC(CCC3CCC(C4CCC(c5ccc(O)c(F)c5F)CC4)CC3)CC2)c(F)c1F. The highest BCUT2D eigenvalue weighted by molar-refractivity contribution is 5.33. The van der Waals surface area contributed by atoms with E-state index < -0.39 is 34.8 Å². The molecule has 3 saturated carbocycles. The van der Waals surface area contributed by atoms with Gasteiger partial charge in [0.15, 0.2) is 23.1 Å². The van der Waals surface area contributed by atoms with Crippen LogP contribution in [0.2, 0.25) is 0 Å². The molecule has 0 aliphatic heterocycles. The van der Waals surface area contributed by atoms with Crippen LogP contribution in [0.15, 0.2) is 24.3 Å². The van der Waals surface area contributed by atoms with Crippen LogP contribution in [0.4, 0.5) is 17.6 Å². The average molecular weight is 533 g/mol. The van der Waals surface area contributed by atoms with Gasteiger partial charge in [0.1, 0.15) is 0 Å². The predicted molar refractivity (Wildman–Crippen MR) is 140 cm³/mol. The smallest absolute Gasteiger partial charge is 0.200 e. The zero-order valence-corrected chi connectivity index (χ0v) is 22.1. The van der Waals surface area contributed by atoms with Gasteiger partial charge >= 0.3 is 0 Å². The van der Waals surface area contributed by atoms with Crippen LogP contribution in [0.1, 0.15) is 113 Å². The van der Waals surface area contributed by atoms with Crippen LogP contribution in [0.25, 0.3) is 0 Å². The van der Waals surface area contributed by atoms with E-state index in [1.807, 2.05) is 0 Å². The van der Waals surface area contributed by atoms with Crippen LogP contribution in [0.3, 0.4) is 0 Å². The Kier molecular flexibility index (Phi) is 8.54. The Labute approximate surface area is 223 Å². The summed E-state index contributed by atoms with van der Waals surface area (Å²) in [5.41, 5.74) is 0.823. The van der Waals surface area contributed by atoms with Gasteiger partial charge in [-0.2, -0.15) is 8.78 Å². The van der Waals surface area contributed by atoms with Crippen LogP contribution in [0, 0.1) is 46.9 Å². The van der Waals surface area contributed by atoms with Gasteiger partial charge in [-0.3, -0.25) is 0 Å². The van der Waals surface area contributed by atoms with E-state index in [4.69, 9.17) is 0 Å². The molecular weight excluding hydrogens is 492 g/mol. The minimum atomic E-state index is -1.13. The van der Waals surface area contributed by atoms with Crippen LogP contribution < -0.4 is 0 Å². The Hall–Kier alpha value is -2.24. The fourth-order valence-corrected chi connectivity index (χ4v) is 7.82. The molecule has 0 unspecified atom stereocenters. The lowest BCUT2D eigenvalue weighted by atomic mass is 9.67. The lowest BCUT2D eigenvalue weighted by Gasteiger charge is -2.38. The number of halogens is 4. The van der Waals surface area contributed by atoms with Crippen molar-refractivity contribution in [3.63, 3.8) is 0 Å². The van der Waals surface area contributed by atoms with E-state index in [9.17, 15) is 27.8 Å². The second-order valence-corrected chi connectivity index (χ2v) is 12.3. The van der Waals surface area contributed by atoms with Gasteiger partial charge in [0.2, 0.25) is 11.6 Å². The van der Waals surface area contributed by atoms with Gasteiger partial charge in [-0.1, -0.05) is 37.8 Å². The van der Waals surface area contributed by atoms with Crippen molar-refractivity contribution in [2.24, 2.45) is 23.7 Å². The first kappa shape index (κ1) is 27.3. The Balaban J connectivity index is 1.02. The third-order valence-electron chi connectivity index (χ3n) is 10.2. The third kappa shape index (κ3) is 5.84. The first-order chi connectivity index (χ1) is 18.3. The van der Waals surface area contributed by atoms with Crippen LogP contribution in [-0.4, -0.2) is 10.2 Å². The highest BCUT2D eigenvalue weighted by Gasteiger charge is 2.33. The van der Waals surface area contributed by atoms with Gasteiger partial charge in [-0.05, 0) is 123 Å². The quantitative estimate of drug-likeness (QED) is 0.364. The standard InChI is InChI=1S/C32H40F4O2/c33-29-25(15-17-27(37)31(29)35)23-9-5-20(6-10-23)2-1-19-3-7-21(8-4-19)22-11-13-24(14-12-22)26-16-18-28(38)32(36)30(26)34/h15-24,37-38H,1-14H2. The van der Waals surface area contributed by atoms with Gasteiger partial charge < -0.3 is 10.2 Å². The minimum absolute atomic E-state index is 0.0384. The van der Waals surface area contributed by atoms with Gasteiger partial charge in [0.25, 0.3) is 0 Å². The van der Waals surface area contributed by atoms with Gasteiger partial charge in [-0.25, -0.2) is 8.78 Å². The summed E-state index contributed by atoms with van der Waals surface area (Å²) in [7, 11) is 0. The Bertz CT molecular complexity index is 1100. The molecule has 5 rings (SSSR count). The topological polar surface area (TPSA) is 40.5 Å². The van der Waals surface area contributed by atoms with Gasteiger partial charge in [-0.15, -0.1) is 0 Å². The zero-order valence-electron chi connectivity index (χ0n) is 22.1. The van der Waals surface area contributed by atoms with E-state index in [-0.39, 0.29) is 11.8 Å². The molecule has 6 heteroatoms. The highest BCUT2D eigenvalue weighted by atomic mass is 19.2. The Morgan fingerprint density at radius 1 is 0.474 bits per heavy atom. The lowest BCUT2D eigenvalue weighted by molar-refractivity contribution is 0.150. The van der Waals surface area contributed by atoms with E-state index in [0.717, 1.165) is 63.2 Å². The maximum atomic E-state index is 14.3. The normalized spacial score (nSPS) is 30.3. The Morgan fingerprint density at radius 2 is 0.816 bits per heavy atom. The number of phenols is 2. The molecule has 0 aromatic heterocycles. The molecule has 2 N–H and O–H groups in total. The molecule has 0 amide bonds. The minimum Gasteiger partial charge on any atom is -0.505 e. The summed E-state index contributed by atoms with van der Waals surface area (Å²) in [5, 5.41) is 18.8. The monoisotopic (exact) mass is 532 g/mol. The molecule has 0 heterocycles. The summed E-state index contributed by atoms with van der Waals surface area (Å²) in [6, 6.07) is 5.61. The third-order valence-corrected chi connectivity index (χ3v) is 10.2. The molecule has 3 aliphatic carbocycles. The fourth-order valence-electron chi connectivity index (χ4n) is 7.82. The first-order valence-electron chi connectivity index (χ1n) is 14.7. The molecule has 0 spiro atoms. The maximum absolute atomic E-state index is 14.3. The summed E-state index contributed by atoms with van der Waals surface area (Å²) < 4.78 is 56.2. The number of benzene rings is 2. The van der Waals surface area contributed by atoms with E-state index in [2.05, 4.69) is 0 Å². The summed E-state index contributed by atoms with van der Waals surface area (Å²) in [6.07, 6.45) is 15.3. The number of hydrogen-bond donors (Lipinski definition) is 2. The van der Waals surface area contributed by atoms with E-state index in [1.54, 1.807) is 6.07 Å². The molecule has 3 fully saturated rings. The number of rotatable bonds is 6. The molecule has 0 radical (unpaired) electrons. The van der Waals surface area contributed by atoms with E-state index in [0.29, 0.717) is 23.0 Å². The summed E-state index contributed by atoms with van der Waals surface area (Å²) >= 11 is 0. The van der Waals surface area contributed by atoms with Crippen LogP contribution in [-0.2, 0) is 0 Å². The fraction of sp³-hybridized carbons (Fsp3) is 0.625. The van der Waals surface area contributed by atoms with E-state index in [1.165, 1.54) is 56.7 Å². The number of hydrogen-bond acceptors (Lipinski definition) is 2. The molecule has 2 aromatic carbocycles. The summed E-state index contributed by atoms with van der Waals surface area (Å²) in [6.45, 7) is 0. The van der Waals surface area contributed by atoms with Crippen molar-refractivity contribution in [2.45, 2.75) is 102 Å². The lowest BCUT2D eigenvalue weighted by Crippen LogP contribution is -2.26. The second kappa shape index (κ2) is 11.9. The molecule has 0 atom stereocenters. The number of aromatic hydroxyl groups is 2. The molecular formula is C32H40F4O2. The van der Waals surface area contributed by atoms with Crippen molar-refractivity contribution in [1.82, 2.24) is 0 Å². The average Bonchev–Trinajstić information content (AvgIpc) is 2.95. The van der Waals surface area contributed by atoms with Gasteiger partial charge in [0.05, 0.1) is 0 Å². The predicted octanol–water partition coefficient (Wildman–Crippen LogP) is 9.49. The zero-order chi connectivity index (χ0) is 26.8. The highest BCUT2D eigenvalue weighted by Crippen LogP contribution is 2.46. The molecule has 0 bridgehead atoms. The number of phenolic OH excluding ortho intramolecular Hbond substituents is 2. The molecule has 208 valence electrons. The van der Waals surface area contributed by atoms with Crippen molar-refractivity contribution in [3.8, 4) is 11.5 Å². The van der Waals surface area contributed by atoms with E-state index >= 15 is 0 Å². The van der Waals surface area contributed by atoms with Crippen LogP contribution >= 0.6 is 0 Å². The second-order valence-electron chi connectivity index (χ2n) is 12.3. The van der Waals surface area contributed by atoms with Crippen molar-refractivity contribution < 1.29 is 27.8 Å². The van der Waals surface area contributed by atoms with Crippen LogP contribution in [0.5, 0.6) is 11.5 Å². The molecule has 38 heavy (non-hydrogen) atoms. The first-order valence-corrected chi connectivity index (χ1v) is 14.7. The van der Waals surface area contributed by atoms with Crippen molar-refractivity contribution in [3.05, 3.63) is 58.7 Å². The van der Waals surface area contributed by atoms with Crippen molar-refractivity contribution >= 4 is 0 Å². The van der Waals surface area contributed by atoms with Gasteiger partial charge in [0, 0.05) is 0 Å². The van der Waals surface area contributed by atoms with Crippen molar-refractivity contribution in [1.29, 1.82) is 0 Å². The molecule has 2 aromatic rings.